The number of aliphatic hydroxyl groups is 1. The Labute approximate surface area is 57.6 Å². The SMILES string of the molecule is CC(Cl)(CCO)[N+](=O)[O-]. The first-order valence-electron chi connectivity index (χ1n) is 2.45. The van der Waals surface area contributed by atoms with Gasteiger partial charge < -0.3 is 5.11 Å². The normalized spacial score (nSPS) is 16.8. The first-order valence-corrected chi connectivity index (χ1v) is 2.83. The minimum absolute atomic E-state index is 0.0262. The van der Waals surface area contributed by atoms with E-state index in [1.807, 2.05) is 0 Å². The van der Waals surface area contributed by atoms with Crippen molar-refractivity contribution in [1.82, 2.24) is 0 Å². The van der Waals surface area contributed by atoms with E-state index in [9.17, 15) is 10.1 Å². The van der Waals surface area contributed by atoms with Crippen LogP contribution in [0.2, 0.25) is 0 Å². The first kappa shape index (κ1) is 8.65. The number of aliphatic hydroxyl groups excluding tert-OH is 1. The van der Waals surface area contributed by atoms with E-state index in [0.717, 1.165) is 0 Å². The predicted molar refractivity (Wildman–Crippen MR) is 33.0 cm³/mol. The molecule has 1 N–H and O–H groups in total. The summed E-state index contributed by atoms with van der Waals surface area (Å²) in [5.74, 6) is 0. The Hall–Kier alpha value is -0.350. The van der Waals surface area contributed by atoms with Gasteiger partial charge in [-0.1, -0.05) is 0 Å². The first-order chi connectivity index (χ1) is 4.00. The fourth-order valence-corrected chi connectivity index (χ4v) is 0.380. The van der Waals surface area contributed by atoms with Gasteiger partial charge in [-0.2, -0.15) is 0 Å². The fraction of sp³-hybridized carbons (Fsp3) is 1.00. The van der Waals surface area contributed by atoms with Crippen molar-refractivity contribution in [3.05, 3.63) is 10.1 Å². The predicted octanol–water partition coefficient (Wildman–Crippen LogP) is 0.601. The molecule has 0 aromatic rings. The molecule has 9 heavy (non-hydrogen) atoms. The molecule has 0 aromatic carbocycles. The third-order valence-electron chi connectivity index (χ3n) is 0.949. The molecule has 0 amide bonds. The Morgan fingerprint density at radius 2 is 2.33 bits per heavy atom. The van der Waals surface area contributed by atoms with Crippen molar-refractivity contribution in [1.29, 1.82) is 0 Å². The van der Waals surface area contributed by atoms with Crippen LogP contribution in [0.5, 0.6) is 0 Å². The van der Waals surface area contributed by atoms with Crippen molar-refractivity contribution >= 4 is 11.6 Å². The minimum Gasteiger partial charge on any atom is -0.396 e. The summed E-state index contributed by atoms with van der Waals surface area (Å²) >= 11 is 5.31. The molecule has 0 bridgehead atoms. The Kier molecular flexibility index (Phi) is 2.87. The lowest BCUT2D eigenvalue weighted by atomic mass is 10.2. The quantitative estimate of drug-likeness (QED) is 0.280. The highest BCUT2D eigenvalue weighted by molar-refractivity contribution is 6.22. The summed E-state index contributed by atoms with van der Waals surface area (Å²) in [6.45, 7) is 0.992. The average Bonchev–Trinajstić information content (AvgIpc) is 1.65. The molecule has 0 heterocycles. The van der Waals surface area contributed by atoms with Crippen molar-refractivity contribution in [2.45, 2.75) is 18.3 Å². The highest BCUT2D eigenvalue weighted by atomic mass is 35.5. The molecule has 4 nitrogen and oxygen atoms in total. The molecule has 0 aliphatic heterocycles. The fourth-order valence-electron chi connectivity index (χ4n) is 0.295. The van der Waals surface area contributed by atoms with E-state index in [-0.39, 0.29) is 13.0 Å². The van der Waals surface area contributed by atoms with Gasteiger partial charge in [0.1, 0.15) is 0 Å². The van der Waals surface area contributed by atoms with Crippen LogP contribution in [0.1, 0.15) is 13.3 Å². The summed E-state index contributed by atoms with van der Waals surface area (Å²) in [4.78, 5) is 7.85. The van der Waals surface area contributed by atoms with Gasteiger partial charge in [-0.3, -0.25) is 10.1 Å². The minimum atomic E-state index is -1.51. The zero-order chi connectivity index (χ0) is 7.49. The number of alkyl halides is 1. The third-order valence-corrected chi connectivity index (χ3v) is 1.28. The van der Waals surface area contributed by atoms with Crippen LogP contribution in [0.25, 0.3) is 0 Å². The van der Waals surface area contributed by atoms with Crippen molar-refractivity contribution < 1.29 is 10.0 Å². The van der Waals surface area contributed by atoms with Gasteiger partial charge in [-0.05, 0) is 11.6 Å². The summed E-state index contributed by atoms with van der Waals surface area (Å²) in [5, 5.41) is 18.2. The lowest BCUT2D eigenvalue weighted by molar-refractivity contribution is -0.538. The van der Waals surface area contributed by atoms with E-state index >= 15 is 0 Å². The van der Waals surface area contributed by atoms with E-state index in [1.165, 1.54) is 6.92 Å². The maximum Gasteiger partial charge on any atom is 0.294 e. The van der Waals surface area contributed by atoms with Crippen LogP contribution in [-0.4, -0.2) is 21.6 Å². The maximum atomic E-state index is 9.97. The van der Waals surface area contributed by atoms with Crippen LogP contribution in [-0.2, 0) is 0 Å². The monoisotopic (exact) mass is 153 g/mol. The molecule has 0 aliphatic carbocycles. The molecular weight excluding hydrogens is 146 g/mol. The largest absolute Gasteiger partial charge is 0.396 e. The smallest absolute Gasteiger partial charge is 0.294 e. The topological polar surface area (TPSA) is 63.4 Å². The van der Waals surface area contributed by atoms with Crippen molar-refractivity contribution in [2.24, 2.45) is 0 Å². The molecule has 0 radical (unpaired) electrons. The Bertz CT molecular complexity index is 114. The van der Waals surface area contributed by atoms with Crippen molar-refractivity contribution in [2.75, 3.05) is 6.61 Å². The number of nitrogens with zero attached hydrogens (tertiary/aromatic N) is 1. The zero-order valence-electron chi connectivity index (χ0n) is 5.00. The molecule has 0 spiro atoms. The van der Waals surface area contributed by atoms with Crippen LogP contribution in [0, 0.1) is 10.1 Å². The summed E-state index contributed by atoms with van der Waals surface area (Å²) in [5.41, 5.74) is 0. The second-order valence-electron chi connectivity index (χ2n) is 1.87. The Morgan fingerprint density at radius 1 is 1.89 bits per heavy atom. The molecule has 0 saturated carbocycles. The molecule has 0 rings (SSSR count). The standard InChI is InChI=1S/C4H8ClNO3/c1-4(5,2-3-7)6(8)9/h7H,2-3H2,1H3. The molecule has 1 atom stereocenters. The number of nitro groups is 1. The van der Waals surface area contributed by atoms with Gasteiger partial charge in [0.2, 0.25) is 0 Å². The van der Waals surface area contributed by atoms with Gasteiger partial charge in [0.15, 0.2) is 0 Å². The molecule has 54 valence electrons. The number of hydrogen-bond acceptors (Lipinski definition) is 3. The molecule has 0 fully saturated rings. The van der Waals surface area contributed by atoms with E-state index in [1.54, 1.807) is 0 Å². The van der Waals surface area contributed by atoms with Crippen LogP contribution in [0.3, 0.4) is 0 Å². The molecule has 5 heteroatoms. The van der Waals surface area contributed by atoms with Gasteiger partial charge in [0, 0.05) is 11.8 Å². The summed E-state index contributed by atoms with van der Waals surface area (Å²) in [6.07, 6.45) is -0.0262. The molecular formula is C4H8ClNO3. The van der Waals surface area contributed by atoms with Crippen LogP contribution in [0.15, 0.2) is 0 Å². The van der Waals surface area contributed by atoms with Crippen molar-refractivity contribution in [3.63, 3.8) is 0 Å². The lowest BCUT2D eigenvalue weighted by Gasteiger charge is -2.09. The second-order valence-corrected chi connectivity index (χ2v) is 2.69. The number of rotatable bonds is 3. The van der Waals surface area contributed by atoms with E-state index in [2.05, 4.69) is 0 Å². The Balaban J connectivity index is 3.85. The molecule has 1 unspecified atom stereocenters. The number of halogens is 1. The summed E-state index contributed by atoms with van der Waals surface area (Å²) in [7, 11) is 0. The van der Waals surface area contributed by atoms with E-state index < -0.39 is 9.92 Å². The molecule has 0 aromatic heterocycles. The van der Waals surface area contributed by atoms with Gasteiger partial charge in [0.25, 0.3) is 5.00 Å². The maximum absolute atomic E-state index is 9.97. The Morgan fingerprint density at radius 3 is 2.44 bits per heavy atom. The van der Waals surface area contributed by atoms with Crippen molar-refractivity contribution in [3.8, 4) is 0 Å². The lowest BCUT2D eigenvalue weighted by Crippen LogP contribution is -2.28. The molecule has 0 aliphatic rings. The third kappa shape index (κ3) is 2.62. The van der Waals surface area contributed by atoms with Crippen LogP contribution in [0.4, 0.5) is 0 Å². The summed E-state index contributed by atoms with van der Waals surface area (Å²) < 4.78 is 0. The number of hydrogen-bond donors (Lipinski definition) is 1. The van der Waals surface area contributed by atoms with Crippen LogP contribution < -0.4 is 0 Å². The van der Waals surface area contributed by atoms with E-state index in [0.29, 0.717) is 0 Å². The van der Waals surface area contributed by atoms with Gasteiger partial charge in [-0.25, -0.2) is 0 Å². The second kappa shape index (κ2) is 2.98. The van der Waals surface area contributed by atoms with E-state index in [4.69, 9.17) is 16.7 Å². The van der Waals surface area contributed by atoms with Gasteiger partial charge >= 0.3 is 0 Å². The zero-order valence-corrected chi connectivity index (χ0v) is 5.76. The van der Waals surface area contributed by atoms with Crippen LogP contribution >= 0.6 is 11.6 Å². The average molecular weight is 154 g/mol. The molecule has 0 saturated heterocycles. The van der Waals surface area contributed by atoms with Gasteiger partial charge in [0.05, 0.1) is 13.0 Å². The summed E-state index contributed by atoms with van der Waals surface area (Å²) in [6, 6.07) is 0. The highest BCUT2D eigenvalue weighted by Gasteiger charge is 2.32. The highest BCUT2D eigenvalue weighted by Crippen LogP contribution is 2.18. The van der Waals surface area contributed by atoms with Gasteiger partial charge in [-0.15, -0.1) is 0 Å².